The molecule has 2 atom stereocenters. The molecule has 0 radical (unpaired) electrons. The standard InChI is InChI=1S/C15H22N2O3/c1-11-15(14(18)19,7-9-20-11)10-12-6-8-17(16-12)13-4-2-3-5-13/h6,8,11,13H,2-5,7,9-10H2,1H3,(H,18,19). The van der Waals surface area contributed by atoms with E-state index in [2.05, 4.69) is 5.10 Å². The van der Waals surface area contributed by atoms with Gasteiger partial charge in [0.15, 0.2) is 0 Å². The van der Waals surface area contributed by atoms with Crippen molar-refractivity contribution >= 4 is 5.97 Å². The van der Waals surface area contributed by atoms with Crippen molar-refractivity contribution in [3.63, 3.8) is 0 Å². The van der Waals surface area contributed by atoms with E-state index in [1.54, 1.807) is 0 Å². The third-order valence-electron chi connectivity index (χ3n) is 4.98. The summed E-state index contributed by atoms with van der Waals surface area (Å²) in [4.78, 5) is 11.7. The largest absolute Gasteiger partial charge is 0.481 e. The van der Waals surface area contributed by atoms with Crippen LogP contribution in [0.3, 0.4) is 0 Å². The number of ether oxygens (including phenoxy) is 1. The van der Waals surface area contributed by atoms with Gasteiger partial charge in [0.2, 0.25) is 0 Å². The highest BCUT2D eigenvalue weighted by Gasteiger charge is 2.48. The smallest absolute Gasteiger partial charge is 0.312 e. The van der Waals surface area contributed by atoms with Gasteiger partial charge in [0.25, 0.3) is 0 Å². The van der Waals surface area contributed by atoms with Gasteiger partial charge >= 0.3 is 5.97 Å². The van der Waals surface area contributed by atoms with Crippen LogP contribution in [0.15, 0.2) is 12.3 Å². The molecular formula is C15H22N2O3. The Labute approximate surface area is 118 Å². The summed E-state index contributed by atoms with van der Waals surface area (Å²) in [6.45, 7) is 2.38. The zero-order chi connectivity index (χ0) is 14.2. The summed E-state index contributed by atoms with van der Waals surface area (Å²) in [5.74, 6) is -0.766. The first-order valence-corrected chi connectivity index (χ1v) is 7.51. The number of aromatic nitrogens is 2. The summed E-state index contributed by atoms with van der Waals surface area (Å²) in [7, 11) is 0. The first-order chi connectivity index (χ1) is 9.62. The second kappa shape index (κ2) is 5.20. The minimum atomic E-state index is -0.811. The van der Waals surface area contributed by atoms with E-state index in [9.17, 15) is 9.90 Å². The molecule has 1 aliphatic carbocycles. The average Bonchev–Trinajstić information content (AvgIpc) is 3.12. The predicted octanol–water partition coefficient (Wildman–Crippen LogP) is 2.42. The molecule has 5 heteroatoms. The molecule has 3 rings (SSSR count). The Morgan fingerprint density at radius 3 is 2.90 bits per heavy atom. The Morgan fingerprint density at radius 1 is 1.55 bits per heavy atom. The Kier molecular flexibility index (Phi) is 3.54. The van der Waals surface area contributed by atoms with Crippen LogP contribution in [-0.4, -0.2) is 33.6 Å². The number of carbonyl (C=O) groups is 1. The molecule has 1 saturated carbocycles. The summed E-state index contributed by atoms with van der Waals surface area (Å²) in [6, 6.07) is 2.47. The summed E-state index contributed by atoms with van der Waals surface area (Å²) in [5, 5.41) is 14.2. The maximum Gasteiger partial charge on any atom is 0.312 e. The maximum absolute atomic E-state index is 11.7. The van der Waals surface area contributed by atoms with Crippen LogP contribution in [-0.2, 0) is 16.0 Å². The minimum absolute atomic E-state index is 0.253. The van der Waals surface area contributed by atoms with Crippen LogP contribution < -0.4 is 0 Å². The summed E-state index contributed by atoms with van der Waals surface area (Å²) in [5.41, 5.74) is 0.0612. The molecule has 5 nitrogen and oxygen atoms in total. The molecule has 1 aromatic heterocycles. The van der Waals surface area contributed by atoms with Gasteiger partial charge in [0, 0.05) is 19.2 Å². The molecule has 0 aromatic carbocycles. The van der Waals surface area contributed by atoms with E-state index in [-0.39, 0.29) is 6.10 Å². The number of aliphatic carboxylic acids is 1. The fourth-order valence-electron chi connectivity index (χ4n) is 3.54. The number of hydrogen-bond acceptors (Lipinski definition) is 3. The lowest BCUT2D eigenvalue weighted by Crippen LogP contribution is -2.39. The Hall–Kier alpha value is -1.36. The third kappa shape index (κ3) is 2.24. The molecule has 2 unspecified atom stereocenters. The highest BCUT2D eigenvalue weighted by molar-refractivity contribution is 5.76. The van der Waals surface area contributed by atoms with Crippen LogP contribution in [0.4, 0.5) is 0 Å². The van der Waals surface area contributed by atoms with Crippen molar-refractivity contribution in [2.24, 2.45) is 5.41 Å². The topological polar surface area (TPSA) is 64.4 Å². The molecule has 20 heavy (non-hydrogen) atoms. The molecule has 1 N–H and O–H groups in total. The summed E-state index contributed by atoms with van der Waals surface area (Å²) >= 11 is 0. The molecule has 0 spiro atoms. The average molecular weight is 278 g/mol. The highest BCUT2D eigenvalue weighted by Crippen LogP contribution is 2.38. The lowest BCUT2D eigenvalue weighted by atomic mass is 9.77. The molecular weight excluding hydrogens is 256 g/mol. The zero-order valence-electron chi connectivity index (χ0n) is 11.9. The molecule has 110 valence electrons. The van der Waals surface area contributed by atoms with Crippen LogP contribution in [0.25, 0.3) is 0 Å². The van der Waals surface area contributed by atoms with Gasteiger partial charge in [0.05, 0.1) is 17.8 Å². The number of carboxylic acid groups (broad SMARTS) is 1. The number of carboxylic acids is 1. The summed E-state index contributed by atoms with van der Waals surface area (Å²) in [6.07, 6.45) is 7.68. The Morgan fingerprint density at radius 2 is 2.30 bits per heavy atom. The van der Waals surface area contributed by atoms with Crippen molar-refractivity contribution in [3.05, 3.63) is 18.0 Å². The van der Waals surface area contributed by atoms with E-state index in [1.807, 2.05) is 23.9 Å². The molecule has 1 aromatic rings. The lowest BCUT2D eigenvalue weighted by molar-refractivity contribution is -0.151. The minimum Gasteiger partial charge on any atom is -0.481 e. The predicted molar refractivity (Wildman–Crippen MR) is 73.5 cm³/mol. The van der Waals surface area contributed by atoms with Gasteiger partial charge in [-0.1, -0.05) is 12.8 Å². The number of hydrogen-bond donors (Lipinski definition) is 1. The third-order valence-corrected chi connectivity index (χ3v) is 4.98. The van der Waals surface area contributed by atoms with Gasteiger partial charge in [-0.3, -0.25) is 9.48 Å². The fraction of sp³-hybridized carbons (Fsp3) is 0.733. The second-order valence-electron chi connectivity index (χ2n) is 6.13. The van der Waals surface area contributed by atoms with E-state index in [0.717, 1.165) is 5.69 Å². The second-order valence-corrected chi connectivity index (χ2v) is 6.13. The van der Waals surface area contributed by atoms with Crippen molar-refractivity contribution in [3.8, 4) is 0 Å². The van der Waals surface area contributed by atoms with Gasteiger partial charge in [-0.05, 0) is 32.3 Å². The summed E-state index contributed by atoms with van der Waals surface area (Å²) < 4.78 is 7.52. The van der Waals surface area contributed by atoms with Crippen molar-refractivity contribution in [1.29, 1.82) is 0 Å². The van der Waals surface area contributed by atoms with E-state index >= 15 is 0 Å². The van der Waals surface area contributed by atoms with Crippen molar-refractivity contribution < 1.29 is 14.6 Å². The van der Waals surface area contributed by atoms with E-state index in [0.29, 0.717) is 25.5 Å². The first-order valence-electron chi connectivity index (χ1n) is 7.51. The van der Waals surface area contributed by atoms with E-state index in [1.165, 1.54) is 25.7 Å². The van der Waals surface area contributed by atoms with Crippen molar-refractivity contribution in [1.82, 2.24) is 9.78 Å². The van der Waals surface area contributed by atoms with Gasteiger partial charge in [0.1, 0.15) is 5.41 Å². The molecule has 0 amide bonds. The number of rotatable bonds is 4. The molecule has 1 aliphatic heterocycles. The fourth-order valence-corrected chi connectivity index (χ4v) is 3.54. The van der Waals surface area contributed by atoms with Crippen LogP contribution in [0.2, 0.25) is 0 Å². The van der Waals surface area contributed by atoms with E-state index < -0.39 is 11.4 Å². The quantitative estimate of drug-likeness (QED) is 0.918. The van der Waals surface area contributed by atoms with Crippen LogP contribution in [0, 0.1) is 5.41 Å². The first kappa shape index (κ1) is 13.6. The monoisotopic (exact) mass is 278 g/mol. The SMILES string of the molecule is CC1OCCC1(Cc1ccn(C2CCCC2)n1)C(=O)O. The van der Waals surface area contributed by atoms with Crippen LogP contribution in [0.5, 0.6) is 0 Å². The lowest BCUT2D eigenvalue weighted by Gasteiger charge is -2.26. The number of nitrogens with zero attached hydrogens (tertiary/aromatic N) is 2. The van der Waals surface area contributed by atoms with Crippen LogP contribution >= 0.6 is 0 Å². The zero-order valence-corrected chi connectivity index (χ0v) is 11.9. The normalized spacial score (nSPS) is 30.9. The van der Waals surface area contributed by atoms with E-state index in [4.69, 9.17) is 4.74 Å². The molecule has 2 aliphatic rings. The Balaban J connectivity index is 1.77. The van der Waals surface area contributed by atoms with Crippen molar-refractivity contribution in [2.45, 2.75) is 57.6 Å². The highest BCUT2D eigenvalue weighted by atomic mass is 16.5. The van der Waals surface area contributed by atoms with Gasteiger partial charge in [-0.2, -0.15) is 5.10 Å². The maximum atomic E-state index is 11.7. The molecule has 2 fully saturated rings. The van der Waals surface area contributed by atoms with Crippen LogP contribution in [0.1, 0.15) is 50.8 Å². The molecule has 1 saturated heterocycles. The van der Waals surface area contributed by atoms with Gasteiger partial charge in [-0.15, -0.1) is 0 Å². The molecule has 2 heterocycles. The van der Waals surface area contributed by atoms with Gasteiger partial charge in [-0.25, -0.2) is 0 Å². The van der Waals surface area contributed by atoms with Gasteiger partial charge < -0.3 is 9.84 Å². The van der Waals surface area contributed by atoms with Crippen molar-refractivity contribution in [2.75, 3.05) is 6.61 Å². The molecule has 0 bridgehead atoms. The Bertz CT molecular complexity index is 493.